The first-order valence-electron chi connectivity index (χ1n) is 9.35. The monoisotopic (exact) mass is 439 g/mol. The molecule has 3 aromatic rings. The second-order valence-corrected chi connectivity index (χ2v) is 8.82. The lowest BCUT2D eigenvalue weighted by molar-refractivity contribution is -0.114. The number of carbonyl (C=O) groups excluding carboxylic acids is 1. The van der Waals surface area contributed by atoms with E-state index < -0.39 is 5.92 Å². The molecule has 0 radical (unpaired) electrons. The molecule has 4 rings (SSSR count). The fraction of sp³-hybridized carbons (Fsp3) is 0.182. The number of rotatable bonds is 6. The van der Waals surface area contributed by atoms with Crippen molar-refractivity contribution in [2.24, 2.45) is 0 Å². The Bertz CT molecular complexity index is 1110. The number of nitrogens with one attached hydrogen (secondary N) is 1. The largest absolute Gasteiger partial charge is 0.489 e. The summed E-state index contributed by atoms with van der Waals surface area (Å²) < 4.78 is 18.7. The van der Waals surface area contributed by atoms with Gasteiger partial charge in [-0.05, 0) is 47.9 Å². The Balaban J connectivity index is 1.43. The van der Waals surface area contributed by atoms with Gasteiger partial charge in [-0.1, -0.05) is 43.0 Å². The Morgan fingerprint density at radius 1 is 1.13 bits per heavy atom. The first kappa shape index (κ1) is 20.4. The van der Waals surface area contributed by atoms with Gasteiger partial charge in [0.25, 0.3) is 0 Å². The third-order valence-corrected chi connectivity index (χ3v) is 6.64. The van der Waals surface area contributed by atoms with Crippen LogP contribution >= 0.6 is 23.1 Å². The zero-order valence-electron chi connectivity index (χ0n) is 16.1. The number of hydrogen-bond acceptors (Lipinski definition) is 7. The van der Waals surface area contributed by atoms with Crippen molar-refractivity contribution in [3.63, 3.8) is 0 Å². The molecule has 0 saturated carbocycles. The normalized spacial score (nSPS) is 17.7. The van der Waals surface area contributed by atoms with E-state index in [0.717, 1.165) is 22.6 Å². The van der Waals surface area contributed by atoms with Crippen LogP contribution in [0.5, 0.6) is 5.75 Å². The van der Waals surface area contributed by atoms with Crippen molar-refractivity contribution < 1.29 is 13.9 Å². The van der Waals surface area contributed by atoms with Crippen LogP contribution in [0.2, 0.25) is 0 Å². The molecular formula is C22H18FN3O2S2. The lowest BCUT2D eigenvalue weighted by Gasteiger charge is -2.06. The summed E-state index contributed by atoms with van der Waals surface area (Å²) in [6.45, 7) is 2.33. The maximum Gasteiger partial charge on any atom is 0.186 e. The molecule has 1 unspecified atom stereocenters. The van der Waals surface area contributed by atoms with Crippen molar-refractivity contribution in [3.05, 3.63) is 80.4 Å². The molecule has 0 amide bonds. The van der Waals surface area contributed by atoms with E-state index in [1.807, 2.05) is 31.2 Å². The Morgan fingerprint density at radius 3 is 2.53 bits per heavy atom. The van der Waals surface area contributed by atoms with Crippen LogP contribution in [0.4, 0.5) is 4.39 Å². The smallest absolute Gasteiger partial charge is 0.186 e. The van der Waals surface area contributed by atoms with E-state index >= 15 is 0 Å². The Morgan fingerprint density at radius 2 is 1.87 bits per heavy atom. The van der Waals surface area contributed by atoms with Gasteiger partial charge in [-0.15, -0.1) is 21.5 Å². The molecule has 1 N–H and O–H groups in total. The van der Waals surface area contributed by atoms with Crippen LogP contribution in [-0.2, 0) is 17.8 Å². The molecule has 0 spiro atoms. The van der Waals surface area contributed by atoms with Crippen LogP contribution in [0.15, 0.2) is 53.4 Å². The highest BCUT2D eigenvalue weighted by atomic mass is 32.2. The second-order valence-electron chi connectivity index (χ2n) is 6.64. The number of hydrogen-bond donors (Lipinski definition) is 1. The fourth-order valence-electron chi connectivity index (χ4n) is 2.90. The molecular weight excluding hydrogens is 421 g/mol. The van der Waals surface area contributed by atoms with E-state index in [9.17, 15) is 9.18 Å². The summed E-state index contributed by atoms with van der Waals surface area (Å²) in [5.41, 5.74) is 1.72. The number of aromatic nitrogens is 2. The van der Waals surface area contributed by atoms with Crippen molar-refractivity contribution in [2.75, 3.05) is 0 Å². The van der Waals surface area contributed by atoms with Crippen LogP contribution < -0.4 is 4.74 Å². The number of benzene rings is 2. The first-order valence-corrected chi connectivity index (χ1v) is 11.0. The minimum atomic E-state index is -0.641. The van der Waals surface area contributed by atoms with Gasteiger partial charge in [-0.25, -0.2) is 4.39 Å². The van der Waals surface area contributed by atoms with Crippen LogP contribution in [0.3, 0.4) is 0 Å². The highest BCUT2D eigenvalue weighted by Crippen LogP contribution is 2.41. The van der Waals surface area contributed by atoms with E-state index in [2.05, 4.69) is 10.2 Å². The molecule has 5 nitrogen and oxygen atoms in total. The molecule has 152 valence electrons. The minimum absolute atomic E-state index is 0.111. The minimum Gasteiger partial charge on any atom is -0.489 e. The number of Topliss-reactive ketones (excluding diaryl/α,β-unsaturated/α-hetero) is 1. The lowest BCUT2D eigenvalue weighted by atomic mass is 10.1. The van der Waals surface area contributed by atoms with Gasteiger partial charge < -0.3 is 4.74 Å². The van der Waals surface area contributed by atoms with E-state index in [1.54, 1.807) is 18.2 Å². The molecule has 1 fully saturated rings. The Labute approximate surface area is 181 Å². The van der Waals surface area contributed by atoms with Gasteiger partial charge >= 0.3 is 0 Å². The van der Waals surface area contributed by atoms with E-state index in [0.29, 0.717) is 22.3 Å². The third kappa shape index (κ3) is 4.49. The Kier molecular flexibility index (Phi) is 6.06. The SMILES string of the molecule is CCc1nnc(C2C(=N)SC(=Cc3ccc(OCc4ccc(F)cc4)cc3)C2=O)s1. The number of ether oxygens (including phenoxy) is 1. The van der Waals surface area contributed by atoms with E-state index in [-0.39, 0.29) is 16.6 Å². The second kappa shape index (κ2) is 8.89. The summed E-state index contributed by atoms with van der Waals surface area (Å²) in [4.78, 5) is 13.4. The zero-order valence-corrected chi connectivity index (χ0v) is 17.7. The molecule has 2 aromatic carbocycles. The lowest BCUT2D eigenvalue weighted by Crippen LogP contribution is -2.11. The number of ketones is 1. The molecule has 0 bridgehead atoms. The number of allylic oxidation sites excluding steroid dienone is 1. The molecule has 0 aliphatic carbocycles. The van der Waals surface area contributed by atoms with Crippen LogP contribution in [0.25, 0.3) is 6.08 Å². The van der Waals surface area contributed by atoms with Gasteiger partial charge in [0.1, 0.15) is 34.1 Å². The number of nitrogens with zero attached hydrogens (tertiary/aromatic N) is 2. The summed E-state index contributed by atoms with van der Waals surface area (Å²) in [5, 5.41) is 18.1. The molecule has 1 aliphatic rings. The quantitative estimate of drug-likeness (QED) is 0.532. The highest BCUT2D eigenvalue weighted by Gasteiger charge is 2.39. The van der Waals surface area contributed by atoms with Gasteiger partial charge in [0.15, 0.2) is 5.78 Å². The van der Waals surface area contributed by atoms with Crippen molar-refractivity contribution in [1.82, 2.24) is 10.2 Å². The Hall–Kier alpha value is -2.84. The predicted octanol–water partition coefficient (Wildman–Crippen LogP) is 5.24. The number of halogens is 1. The van der Waals surface area contributed by atoms with Crippen LogP contribution in [0, 0.1) is 11.2 Å². The number of aryl methyl sites for hydroxylation is 1. The first-order chi connectivity index (χ1) is 14.5. The standard InChI is InChI=1S/C22H18FN3O2S2/c1-2-18-25-26-22(30-18)19-20(27)17(29-21(19)24)11-13-5-9-16(10-6-13)28-12-14-3-7-15(23)8-4-14/h3-11,19,24H,2,12H2,1H3. The van der Waals surface area contributed by atoms with Crippen LogP contribution in [0.1, 0.15) is 34.0 Å². The third-order valence-electron chi connectivity index (χ3n) is 4.52. The molecule has 30 heavy (non-hydrogen) atoms. The highest BCUT2D eigenvalue weighted by molar-refractivity contribution is 8.19. The van der Waals surface area contributed by atoms with Crippen molar-refractivity contribution in [1.29, 1.82) is 5.41 Å². The summed E-state index contributed by atoms with van der Waals surface area (Å²) >= 11 is 2.56. The van der Waals surface area contributed by atoms with Gasteiger partial charge in [0.05, 0.1) is 9.95 Å². The maximum atomic E-state index is 13.0. The average molecular weight is 440 g/mol. The topological polar surface area (TPSA) is 75.9 Å². The predicted molar refractivity (Wildman–Crippen MR) is 118 cm³/mol. The van der Waals surface area contributed by atoms with Crippen molar-refractivity contribution >= 4 is 40.0 Å². The molecule has 8 heteroatoms. The zero-order chi connectivity index (χ0) is 21.1. The molecule has 1 aliphatic heterocycles. The van der Waals surface area contributed by atoms with E-state index in [4.69, 9.17) is 10.1 Å². The molecule has 2 heterocycles. The summed E-state index contributed by atoms with van der Waals surface area (Å²) in [6.07, 6.45) is 2.55. The van der Waals surface area contributed by atoms with Gasteiger partial charge in [-0.3, -0.25) is 10.2 Å². The molecule has 1 aromatic heterocycles. The molecule has 1 atom stereocenters. The maximum absolute atomic E-state index is 13.0. The van der Waals surface area contributed by atoms with Gasteiger partial charge in [0.2, 0.25) is 0 Å². The summed E-state index contributed by atoms with van der Waals surface area (Å²) in [5.74, 6) is -0.348. The van der Waals surface area contributed by atoms with Crippen LogP contribution in [-0.4, -0.2) is 21.0 Å². The summed E-state index contributed by atoms with van der Waals surface area (Å²) in [7, 11) is 0. The number of carbonyl (C=O) groups is 1. The summed E-state index contributed by atoms with van der Waals surface area (Å²) in [6, 6.07) is 13.5. The van der Waals surface area contributed by atoms with Gasteiger partial charge in [0, 0.05) is 0 Å². The average Bonchev–Trinajstić information content (AvgIpc) is 3.32. The van der Waals surface area contributed by atoms with Crippen molar-refractivity contribution in [2.45, 2.75) is 25.9 Å². The fourth-order valence-corrected chi connectivity index (χ4v) is 4.85. The van der Waals surface area contributed by atoms with Gasteiger partial charge in [-0.2, -0.15) is 0 Å². The number of thioether (sulfide) groups is 1. The van der Waals surface area contributed by atoms with E-state index in [1.165, 1.54) is 35.2 Å². The van der Waals surface area contributed by atoms with Crippen molar-refractivity contribution in [3.8, 4) is 5.75 Å². The molecule has 1 saturated heterocycles.